The van der Waals surface area contributed by atoms with Crippen LogP contribution in [0.4, 0.5) is 5.69 Å². The van der Waals surface area contributed by atoms with Gasteiger partial charge in [-0.15, -0.1) is 0 Å². The Bertz CT molecular complexity index is 705. The lowest BCUT2D eigenvalue weighted by Crippen LogP contribution is -2.42. The highest BCUT2D eigenvalue weighted by Crippen LogP contribution is 2.23. The molecule has 1 heterocycles. The predicted molar refractivity (Wildman–Crippen MR) is 84.6 cm³/mol. The molecule has 2 amide bonds. The average Bonchev–Trinajstić information content (AvgIpc) is 2.76. The van der Waals surface area contributed by atoms with E-state index in [1.165, 1.54) is 6.92 Å². The monoisotopic (exact) mass is 303 g/mol. The van der Waals surface area contributed by atoms with Crippen LogP contribution >= 0.6 is 0 Å². The highest BCUT2D eigenvalue weighted by Gasteiger charge is 2.16. The molecule has 0 unspecified atom stereocenters. The SMILES string of the molecule is CC(=O)NNC(=O)Cn1c(CC(C)C)nc2c(N)cccc21. The van der Waals surface area contributed by atoms with Gasteiger partial charge in [-0.25, -0.2) is 4.98 Å². The van der Waals surface area contributed by atoms with E-state index in [2.05, 4.69) is 29.7 Å². The van der Waals surface area contributed by atoms with Gasteiger partial charge in [0.25, 0.3) is 5.91 Å². The summed E-state index contributed by atoms with van der Waals surface area (Å²) in [5.74, 6) is 0.563. The second-order valence-corrected chi connectivity index (χ2v) is 5.66. The first-order valence-electron chi connectivity index (χ1n) is 7.17. The second kappa shape index (κ2) is 6.46. The molecule has 4 N–H and O–H groups in total. The van der Waals surface area contributed by atoms with E-state index >= 15 is 0 Å². The van der Waals surface area contributed by atoms with Crippen molar-refractivity contribution in [1.29, 1.82) is 0 Å². The van der Waals surface area contributed by atoms with Crippen molar-refractivity contribution in [1.82, 2.24) is 20.4 Å². The Kier molecular flexibility index (Phi) is 4.65. The summed E-state index contributed by atoms with van der Waals surface area (Å²) in [6.07, 6.45) is 0.738. The number of para-hydroxylation sites is 1. The fraction of sp³-hybridized carbons (Fsp3) is 0.400. The van der Waals surface area contributed by atoms with Crippen LogP contribution in [0.25, 0.3) is 11.0 Å². The summed E-state index contributed by atoms with van der Waals surface area (Å²) in [5.41, 5.74) is 12.7. The molecule has 0 saturated carbocycles. The molecular weight excluding hydrogens is 282 g/mol. The lowest BCUT2D eigenvalue weighted by Gasteiger charge is -2.11. The molecule has 0 fully saturated rings. The van der Waals surface area contributed by atoms with Crippen molar-refractivity contribution in [3.8, 4) is 0 Å². The van der Waals surface area contributed by atoms with Gasteiger partial charge in [0, 0.05) is 13.3 Å². The third kappa shape index (κ3) is 3.55. The van der Waals surface area contributed by atoms with Crippen LogP contribution in [0.15, 0.2) is 18.2 Å². The standard InChI is InChI=1S/C15H21N5O2/c1-9(2)7-13-17-15-11(16)5-4-6-12(15)20(13)8-14(22)19-18-10(3)21/h4-6,9H,7-8,16H2,1-3H3,(H,18,21)(H,19,22). The van der Waals surface area contributed by atoms with E-state index in [1.54, 1.807) is 6.07 Å². The van der Waals surface area contributed by atoms with Crippen molar-refractivity contribution in [3.05, 3.63) is 24.0 Å². The van der Waals surface area contributed by atoms with Gasteiger partial charge < -0.3 is 10.3 Å². The minimum absolute atomic E-state index is 0.0717. The van der Waals surface area contributed by atoms with E-state index in [1.807, 2.05) is 16.7 Å². The van der Waals surface area contributed by atoms with Crippen molar-refractivity contribution in [2.24, 2.45) is 5.92 Å². The van der Waals surface area contributed by atoms with Gasteiger partial charge >= 0.3 is 0 Å². The van der Waals surface area contributed by atoms with E-state index in [0.29, 0.717) is 17.1 Å². The second-order valence-electron chi connectivity index (χ2n) is 5.66. The lowest BCUT2D eigenvalue weighted by molar-refractivity contribution is -0.128. The van der Waals surface area contributed by atoms with Crippen LogP contribution in [0, 0.1) is 5.92 Å². The van der Waals surface area contributed by atoms with Crippen molar-refractivity contribution in [2.75, 3.05) is 5.73 Å². The first-order valence-corrected chi connectivity index (χ1v) is 7.17. The van der Waals surface area contributed by atoms with E-state index in [4.69, 9.17) is 5.73 Å². The van der Waals surface area contributed by atoms with Crippen molar-refractivity contribution in [2.45, 2.75) is 33.7 Å². The Morgan fingerprint density at radius 2 is 2.05 bits per heavy atom. The van der Waals surface area contributed by atoms with Gasteiger partial charge in [0.15, 0.2) is 0 Å². The van der Waals surface area contributed by atoms with Crippen molar-refractivity contribution in [3.63, 3.8) is 0 Å². The van der Waals surface area contributed by atoms with Gasteiger partial charge in [-0.1, -0.05) is 19.9 Å². The van der Waals surface area contributed by atoms with Crippen LogP contribution in [0.1, 0.15) is 26.6 Å². The summed E-state index contributed by atoms with van der Waals surface area (Å²) in [7, 11) is 0. The van der Waals surface area contributed by atoms with Crippen LogP contribution in [0.5, 0.6) is 0 Å². The van der Waals surface area contributed by atoms with Gasteiger partial charge in [0.1, 0.15) is 17.9 Å². The maximum absolute atomic E-state index is 12.0. The van der Waals surface area contributed by atoms with Gasteiger partial charge in [-0.05, 0) is 18.1 Å². The van der Waals surface area contributed by atoms with Gasteiger partial charge in [-0.3, -0.25) is 20.4 Å². The molecule has 0 saturated heterocycles. The zero-order chi connectivity index (χ0) is 16.3. The largest absolute Gasteiger partial charge is 0.397 e. The van der Waals surface area contributed by atoms with E-state index in [0.717, 1.165) is 17.8 Å². The quantitative estimate of drug-likeness (QED) is 0.579. The Balaban J connectivity index is 2.34. The van der Waals surface area contributed by atoms with Gasteiger partial charge in [-0.2, -0.15) is 0 Å². The predicted octanol–water partition coefficient (Wildman–Crippen LogP) is 0.984. The molecule has 2 aromatic rings. The molecule has 0 radical (unpaired) electrons. The maximum atomic E-state index is 12.0. The van der Waals surface area contributed by atoms with Crippen LogP contribution in [0.3, 0.4) is 0 Å². The zero-order valence-electron chi connectivity index (χ0n) is 13.0. The molecule has 0 aliphatic carbocycles. The molecule has 1 aromatic heterocycles. The van der Waals surface area contributed by atoms with Gasteiger partial charge in [0.05, 0.1) is 11.2 Å². The number of hydrazine groups is 1. The normalized spacial score (nSPS) is 10.9. The number of hydrogen-bond donors (Lipinski definition) is 3. The smallest absolute Gasteiger partial charge is 0.258 e. The number of anilines is 1. The Hall–Kier alpha value is -2.57. The number of amides is 2. The van der Waals surface area contributed by atoms with Crippen molar-refractivity contribution < 1.29 is 9.59 Å². The van der Waals surface area contributed by atoms with E-state index in [-0.39, 0.29) is 18.4 Å². The number of fused-ring (bicyclic) bond motifs is 1. The molecule has 0 spiro atoms. The molecule has 22 heavy (non-hydrogen) atoms. The molecular formula is C15H21N5O2. The molecule has 7 heteroatoms. The molecule has 0 aliphatic heterocycles. The summed E-state index contributed by atoms with van der Waals surface area (Å²) >= 11 is 0. The first-order chi connectivity index (χ1) is 10.4. The molecule has 0 aliphatic rings. The number of carbonyl (C=O) groups excluding carboxylic acids is 2. The Morgan fingerprint density at radius 3 is 2.68 bits per heavy atom. The number of carbonyl (C=O) groups is 2. The summed E-state index contributed by atoms with van der Waals surface area (Å²) in [6.45, 7) is 5.58. The summed E-state index contributed by atoms with van der Waals surface area (Å²) in [5, 5.41) is 0. The third-order valence-electron chi connectivity index (χ3n) is 3.16. The number of aromatic nitrogens is 2. The van der Waals surface area contributed by atoms with Gasteiger partial charge in [0.2, 0.25) is 5.91 Å². The molecule has 0 atom stereocenters. The number of benzene rings is 1. The molecule has 1 aromatic carbocycles. The summed E-state index contributed by atoms with van der Waals surface area (Å²) in [4.78, 5) is 27.4. The lowest BCUT2D eigenvalue weighted by atomic mass is 10.1. The van der Waals surface area contributed by atoms with Crippen LogP contribution in [-0.4, -0.2) is 21.4 Å². The number of nitrogens with one attached hydrogen (secondary N) is 2. The van der Waals surface area contributed by atoms with Crippen molar-refractivity contribution >= 4 is 28.5 Å². The van der Waals surface area contributed by atoms with E-state index in [9.17, 15) is 9.59 Å². The third-order valence-corrected chi connectivity index (χ3v) is 3.16. The van der Waals surface area contributed by atoms with Crippen LogP contribution < -0.4 is 16.6 Å². The van der Waals surface area contributed by atoms with Crippen LogP contribution in [-0.2, 0) is 22.6 Å². The summed E-state index contributed by atoms with van der Waals surface area (Å²) in [6, 6.07) is 5.51. The fourth-order valence-electron chi connectivity index (χ4n) is 2.26. The molecule has 118 valence electrons. The average molecular weight is 303 g/mol. The highest BCUT2D eigenvalue weighted by molar-refractivity contribution is 5.89. The number of rotatable bonds is 4. The first kappa shape index (κ1) is 15.8. The number of hydrogen-bond acceptors (Lipinski definition) is 4. The number of imidazole rings is 1. The molecule has 7 nitrogen and oxygen atoms in total. The minimum Gasteiger partial charge on any atom is -0.397 e. The topological polar surface area (TPSA) is 102 Å². The highest BCUT2D eigenvalue weighted by atomic mass is 16.2. The number of nitrogen functional groups attached to an aromatic ring is 1. The minimum atomic E-state index is -0.324. The fourth-order valence-corrected chi connectivity index (χ4v) is 2.26. The number of nitrogens with two attached hydrogens (primary N) is 1. The van der Waals surface area contributed by atoms with Crippen LogP contribution in [0.2, 0.25) is 0 Å². The molecule has 2 rings (SSSR count). The number of nitrogens with zero attached hydrogens (tertiary/aromatic N) is 2. The summed E-state index contributed by atoms with van der Waals surface area (Å²) < 4.78 is 1.84. The van der Waals surface area contributed by atoms with E-state index < -0.39 is 0 Å². The maximum Gasteiger partial charge on any atom is 0.258 e. The Labute approximate surface area is 128 Å². The zero-order valence-corrected chi connectivity index (χ0v) is 13.0. The Morgan fingerprint density at radius 1 is 1.32 bits per heavy atom. The molecule has 0 bridgehead atoms.